The molecule has 0 radical (unpaired) electrons. The van der Waals surface area contributed by atoms with Crippen molar-refractivity contribution in [3.63, 3.8) is 0 Å². The van der Waals surface area contributed by atoms with Crippen LogP contribution in [-0.4, -0.2) is 31.8 Å². The number of fused-ring (bicyclic) bond motifs is 1. The molecule has 1 amide bonds. The largest absolute Gasteiger partial charge is 0.497 e. The Morgan fingerprint density at radius 3 is 2.66 bits per heavy atom. The Bertz CT molecular complexity index is 916. The Balaban J connectivity index is 1.69. The number of carbonyl (C=O) groups excluding carboxylic acids is 1. The lowest BCUT2D eigenvalue weighted by atomic mass is 9.79. The van der Waals surface area contributed by atoms with E-state index in [1.807, 2.05) is 24.3 Å². The predicted molar refractivity (Wildman–Crippen MR) is 119 cm³/mol. The van der Waals surface area contributed by atoms with Crippen molar-refractivity contribution in [2.75, 3.05) is 19.1 Å². The molecule has 3 rings (SSSR count). The monoisotopic (exact) mass is 393 g/mol. The van der Waals surface area contributed by atoms with E-state index in [1.54, 1.807) is 13.3 Å². The molecule has 0 spiro atoms. The SMILES string of the molecule is COc1ccc(CC(=O)N/N=C/c2cc3c(cc2C)N(C)C(C)(C)C[C@@H]3C)cc1. The van der Waals surface area contributed by atoms with E-state index in [1.165, 1.54) is 11.3 Å². The molecule has 2 aromatic carbocycles. The van der Waals surface area contributed by atoms with E-state index in [9.17, 15) is 4.79 Å². The molecule has 0 fully saturated rings. The fraction of sp³-hybridized carbons (Fsp3) is 0.417. The van der Waals surface area contributed by atoms with Crippen molar-refractivity contribution >= 4 is 17.8 Å². The van der Waals surface area contributed by atoms with Crippen LogP contribution in [0.25, 0.3) is 0 Å². The van der Waals surface area contributed by atoms with Gasteiger partial charge in [-0.25, -0.2) is 5.43 Å². The second kappa shape index (κ2) is 8.27. The molecule has 5 heteroatoms. The average Bonchev–Trinajstić information content (AvgIpc) is 2.67. The highest BCUT2D eigenvalue weighted by Crippen LogP contribution is 2.43. The number of nitrogens with one attached hydrogen (secondary N) is 1. The van der Waals surface area contributed by atoms with Gasteiger partial charge >= 0.3 is 0 Å². The van der Waals surface area contributed by atoms with Gasteiger partial charge < -0.3 is 9.64 Å². The third-order valence-corrected chi connectivity index (χ3v) is 5.94. The average molecular weight is 394 g/mol. The van der Waals surface area contributed by atoms with Gasteiger partial charge in [-0.2, -0.15) is 5.10 Å². The smallest absolute Gasteiger partial charge is 0.244 e. The maximum Gasteiger partial charge on any atom is 0.244 e. The topological polar surface area (TPSA) is 53.9 Å². The molecule has 1 heterocycles. The highest BCUT2D eigenvalue weighted by Gasteiger charge is 2.34. The van der Waals surface area contributed by atoms with Gasteiger partial charge in [0.05, 0.1) is 19.7 Å². The number of hydrazone groups is 1. The fourth-order valence-electron chi connectivity index (χ4n) is 4.02. The first-order chi connectivity index (χ1) is 13.7. The van der Waals surface area contributed by atoms with Crippen molar-refractivity contribution in [2.24, 2.45) is 5.10 Å². The number of aryl methyl sites for hydroxylation is 1. The van der Waals surface area contributed by atoms with E-state index in [4.69, 9.17) is 4.74 Å². The minimum absolute atomic E-state index is 0.142. The molecule has 1 aliphatic rings. The Labute approximate surface area is 173 Å². The Morgan fingerprint density at radius 2 is 2.00 bits per heavy atom. The summed E-state index contributed by atoms with van der Waals surface area (Å²) in [5.41, 5.74) is 8.50. The molecule has 154 valence electrons. The van der Waals surface area contributed by atoms with Crippen LogP contribution in [-0.2, 0) is 11.2 Å². The minimum Gasteiger partial charge on any atom is -0.497 e. The third kappa shape index (κ3) is 4.61. The number of amides is 1. The van der Waals surface area contributed by atoms with Gasteiger partial charge in [0.2, 0.25) is 5.91 Å². The molecule has 0 saturated heterocycles. The molecular weight excluding hydrogens is 362 g/mol. The molecule has 29 heavy (non-hydrogen) atoms. The summed E-state index contributed by atoms with van der Waals surface area (Å²) >= 11 is 0. The van der Waals surface area contributed by atoms with Gasteiger partial charge in [0.25, 0.3) is 0 Å². The lowest BCUT2D eigenvalue weighted by Crippen LogP contribution is -2.45. The summed E-state index contributed by atoms with van der Waals surface area (Å²) < 4.78 is 5.14. The van der Waals surface area contributed by atoms with Crippen LogP contribution >= 0.6 is 0 Å². The van der Waals surface area contributed by atoms with Crippen LogP contribution < -0.4 is 15.1 Å². The summed E-state index contributed by atoms with van der Waals surface area (Å²) in [6.07, 6.45) is 3.13. The van der Waals surface area contributed by atoms with Crippen molar-refractivity contribution in [2.45, 2.75) is 52.0 Å². The number of carbonyl (C=O) groups is 1. The maximum atomic E-state index is 12.2. The summed E-state index contributed by atoms with van der Waals surface area (Å²) in [4.78, 5) is 14.5. The Kier molecular flexibility index (Phi) is 5.96. The fourth-order valence-corrected chi connectivity index (χ4v) is 4.02. The molecule has 0 bridgehead atoms. The Morgan fingerprint density at radius 1 is 1.31 bits per heavy atom. The zero-order chi connectivity index (χ0) is 21.2. The van der Waals surface area contributed by atoms with Crippen LogP contribution in [0.1, 0.15) is 55.4 Å². The second-order valence-corrected chi connectivity index (χ2v) is 8.56. The van der Waals surface area contributed by atoms with Crippen molar-refractivity contribution in [1.82, 2.24) is 5.43 Å². The van der Waals surface area contributed by atoms with E-state index in [2.05, 4.69) is 62.3 Å². The molecule has 1 N–H and O–H groups in total. The van der Waals surface area contributed by atoms with Crippen LogP contribution in [0.2, 0.25) is 0 Å². The van der Waals surface area contributed by atoms with Crippen LogP contribution in [0.3, 0.4) is 0 Å². The summed E-state index contributed by atoms with van der Waals surface area (Å²) in [6, 6.07) is 11.9. The number of hydrogen-bond acceptors (Lipinski definition) is 4. The first-order valence-electron chi connectivity index (χ1n) is 10.0. The van der Waals surface area contributed by atoms with E-state index in [-0.39, 0.29) is 17.9 Å². The lowest BCUT2D eigenvalue weighted by Gasteiger charge is -2.45. The zero-order valence-electron chi connectivity index (χ0n) is 18.2. The van der Waals surface area contributed by atoms with Crippen LogP contribution in [0.5, 0.6) is 5.75 Å². The molecule has 0 saturated carbocycles. The van der Waals surface area contributed by atoms with Gasteiger partial charge in [-0.1, -0.05) is 19.1 Å². The molecule has 0 aromatic heterocycles. The van der Waals surface area contributed by atoms with Gasteiger partial charge in [-0.05, 0) is 79.6 Å². The number of hydrogen-bond donors (Lipinski definition) is 1. The van der Waals surface area contributed by atoms with Gasteiger partial charge in [0.1, 0.15) is 5.75 Å². The van der Waals surface area contributed by atoms with Crippen LogP contribution in [0.4, 0.5) is 5.69 Å². The van der Waals surface area contributed by atoms with Crippen LogP contribution in [0, 0.1) is 6.92 Å². The van der Waals surface area contributed by atoms with Crippen LogP contribution in [0.15, 0.2) is 41.5 Å². The zero-order valence-corrected chi connectivity index (χ0v) is 18.2. The number of benzene rings is 2. The first kappa shape index (κ1) is 20.9. The summed E-state index contributed by atoms with van der Waals surface area (Å²) in [7, 11) is 3.79. The summed E-state index contributed by atoms with van der Waals surface area (Å²) in [6.45, 7) is 8.94. The van der Waals surface area contributed by atoms with Crippen molar-refractivity contribution in [3.05, 3.63) is 58.7 Å². The second-order valence-electron chi connectivity index (χ2n) is 8.56. The molecule has 1 atom stereocenters. The summed E-state index contributed by atoms with van der Waals surface area (Å²) in [5.74, 6) is 1.11. The van der Waals surface area contributed by atoms with Gasteiger partial charge in [0, 0.05) is 18.3 Å². The first-order valence-corrected chi connectivity index (χ1v) is 10.0. The number of nitrogens with zero attached hydrogens (tertiary/aromatic N) is 2. The normalized spacial score (nSPS) is 17.9. The minimum atomic E-state index is -0.142. The summed E-state index contributed by atoms with van der Waals surface area (Å²) in [5, 5.41) is 4.19. The van der Waals surface area contributed by atoms with Gasteiger partial charge in [0.15, 0.2) is 0 Å². The van der Waals surface area contributed by atoms with E-state index in [0.29, 0.717) is 5.92 Å². The standard InChI is InChI=1S/C24H31N3O2/c1-16-11-22-21(17(2)14-24(3,4)27(22)5)13-19(16)15-25-26-23(28)12-18-7-9-20(29-6)10-8-18/h7-11,13,15,17H,12,14H2,1-6H3,(H,26,28)/b25-15+/t17-/m0/s1. The number of anilines is 1. The maximum absolute atomic E-state index is 12.2. The Hall–Kier alpha value is -2.82. The quantitative estimate of drug-likeness (QED) is 0.604. The molecule has 2 aromatic rings. The molecule has 0 unspecified atom stereocenters. The van der Waals surface area contributed by atoms with Crippen molar-refractivity contribution in [1.29, 1.82) is 0 Å². The molecular formula is C24H31N3O2. The highest BCUT2D eigenvalue weighted by molar-refractivity contribution is 5.86. The van der Waals surface area contributed by atoms with E-state index < -0.39 is 0 Å². The number of methoxy groups -OCH3 is 1. The third-order valence-electron chi connectivity index (χ3n) is 5.94. The van der Waals surface area contributed by atoms with Gasteiger partial charge in [-0.15, -0.1) is 0 Å². The predicted octanol–water partition coefficient (Wildman–Crippen LogP) is 4.42. The number of ether oxygens (including phenoxy) is 1. The highest BCUT2D eigenvalue weighted by atomic mass is 16.5. The van der Waals surface area contributed by atoms with E-state index >= 15 is 0 Å². The number of rotatable bonds is 5. The van der Waals surface area contributed by atoms with Gasteiger partial charge in [-0.3, -0.25) is 4.79 Å². The molecule has 5 nitrogen and oxygen atoms in total. The van der Waals surface area contributed by atoms with Crippen molar-refractivity contribution in [3.8, 4) is 5.75 Å². The molecule has 1 aliphatic heterocycles. The lowest BCUT2D eigenvalue weighted by molar-refractivity contribution is -0.120. The van der Waals surface area contributed by atoms with Crippen molar-refractivity contribution < 1.29 is 9.53 Å². The molecule has 0 aliphatic carbocycles. The van der Waals surface area contributed by atoms with E-state index in [0.717, 1.165) is 28.9 Å².